The van der Waals surface area contributed by atoms with Crippen molar-refractivity contribution in [1.29, 1.82) is 0 Å². The van der Waals surface area contributed by atoms with Crippen molar-refractivity contribution in [3.05, 3.63) is 34.7 Å². The maximum Gasteiger partial charge on any atom is 0.303 e. The molecule has 5 nitrogen and oxygen atoms in total. The minimum Gasteiger partial charge on any atom is -0.508 e. The Morgan fingerprint density at radius 2 is 1.91 bits per heavy atom. The van der Waals surface area contributed by atoms with Crippen LogP contribution in [0.3, 0.4) is 0 Å². The molecule has 1 aromatic carbocycles. The molecule has 1 aliphatic rings. The molecule has 1 fully saturated rings. The predicted molar refractivity (Wildman–Crippen MR) is 94.1 cm³/mol. The number of phenolic OH excluding ortho intramolecular Hbond substituents is 1. The third-order valence-corrected chi connectivity index (χ3v) is 4.71. The van der Waals surface area contributed by atoms with Gasteiger partial charge in [0.15, 0.2) is 0 Å². The first-order valence-corrected chi connectivity index (χ1v) is 8.46. The molecule has 0 aromatic heterocycles. The Morgan fingerprint density at radius 1 is 1.22 bits per heavy atom. The summed E-state index contributed by atoms with van der Waals surface area (Å²) in [4.78, 5) is 24.9. The summed E-state index contributed by atoms with van der Waals surface area (Å²) >= 11 is 6.51. The first kappa shape index (κ1) is 17.5. The Kier molecular flexibility index (Phi) is 6.18. The van der Waals surface area contributed by atoms with E-state index in [1.807, 2.05) is 0 Å². The first-order valence-electron chi connectivity index (χ1n) is 7.23. The second-order valence-corrected chi connectivity index (χ2v) is 6.81. The minimum absolute atomic E-state index is 0.119. The smallest absolute Gasteiger partial charge is 0.303 e. The number of carboxylic acids is 1. The van der Waals surface area contributed by atoms with Crippen molar-refractivity contribution in [2.45, 2.75) is 25.7 Å². The van der Waals surface area contributed by atoms with E-state index >= 15 is 0 Å². The summed E-state index contributed by atoms with van der Waals surface area (Å²) in [7, 11) is 0. The zero-order chi connectivity index (χ0) is 16.8. The maximum absolute atomic E-state index is 12.4. The average molecular weight is 351 g/mol. The van der Waals surface area contributed by atoms with Gasteiger partial charge in [-0.1, -0.05) is 42.5 Å². The number of hydrogen-bond donors (Lipinski definition) is 2. The van der Waals surface area contributed by atoms with E-state index < -0.39 is 5.97 Å². The van der Waals surface area contributed by atoms with Gasteiger partial charge in [0.05, 0.1) is 4.91 Å². The largest absolute Gasteiger partial charge is 0.508 e. The van der Waals surface area contributed by atoms with E-state index in [2.05, 4.69) is 0 Å². The normalized spacial score (nSPS) is 16.3. The van der Waals surface area contributed by atoms with Crippen LogP contribution in [-0.2, 0) is 9.59 Å². The fraction of sp³-hybridized carbons (Fsp3) is 0.312. The Morgan fingerprint density at radius 3 is 2.57 bits per heavy atom. The molecular formula is C16H17NO4S2. The van der Waals surface area contributed by atoms with E-state index in [-0.39, 0.29) is 18.1 Å². The van der Waals surface area contributed by atoms with Gasteiger partial charge in [-0.3, -0.25) is 14.5 Å². The van der Waals surface area contributed by atoms with Gasteiger partial charge in [0.1, 0.15) is 10.1 Å². The van der Waals surface area contributed by atoms with E-state index in [4.69, 9.17) is 17.3 Å². The van der Waals surface area contributed by atoms with Gasteiger partial charge in [-0.05, 0) is 36.6 Å². The van der Waals surface area contributed by atoms with Crippen molar-refractivity contribution >= 4 is 46.3 Å². The van der Waals surface area contributed by atoms with Gasteiger partial charge >= 0.3 is 5.97 Å². The fourth-order valence-corrected chi connectivity index (χ4v) is 3.45. The number of aromatic hydroxyl groups is 1. The maximum atomic E-state index is 12.4. The lowest BCUT2D eigenvalue weighted by Gasteiger charge is -2.13. The summed E-state index contributed by atoms with van der Waals surface area (Å²) in [5.41, 5.74) is 0.824. The van der Waals surface area contributed by atoms with Crippen LogP contribution in [0.1, 0.15) is 31.2 Å². The average Bonchev–Trinajstić information content (AvgIpc) is 2.76. The molecule has 1 aromatic rings. The van der Waals surface area contributed by atoms with Gasteiger partial charge in [0.25, 0.3) is 5.91 Å². The van der Waals surface area contributed by atoms with Gasteiger partial charge in [-0.15, -0.1) is 0 Å². The van der Waals surface area contributed by atoms with Crippen molar-refractivity contribution in [1.82, 2.24) is 4.90 Å². The number of thiocarbonyl (C=S) groups is 1. The van der Waals surface area contributed by atoms with Gasteiger partial charge in [0, 0.05) is 13.0 Å². The molecule has 7 heteroatoms. The first-order chi connectivity index (χ1) is 11.0. The van der Waals surface area contributed by atoms with Gasteiger partial charge < -0.3 is 10.2 Å². The molecule has 2 N–H and O–H groups in total. The number of rotatable bonds is 7. The highest BCUT2D eigenvalue weighted by atomic mass is 32.2. The lowest BCUT2D eigenvalue weighted by Crippen LogP contribution is -2.29. The zero-order valence-electron chi connectivity index (χ0n) is 12.4. The number of benzene rings is 1. The molecular weight excluding hydrogens is 334 g/mol. The number of unbranched alkanes of at least 4 members (excludes halogenated alkanes) is 2. The number of aliphatic carboxylic acids is 1. The van der Waals surface area contributed by atoms with Crippen molar-refractivity contribution in [2.24, 2.45) is 0 Å². The number of hydrogen-bond acceptors (Lipinski definition) is 5. The van der Waals surface area contributed by atoms with Crippen LogP contribution in [0.4, 0.5) is 0 Å². The number of phenols is 1. The van der Waals surface area contributed by atoms with Gasteiger partial charge in [-0.2, -0.15) is 0 Å². The molecule has 0 unspecified atom stereocenters. The Labute approximate surface area is 144 Å². The molecule has 23 heavy (non-hydrogen) atoms. The van der Waals surface area contributed by atoms with Crippen LogP contribution in [0.5, 0.6) is 5.75 Å². The third kappa shape index (κ3) is 5.07. The van der Waals surface area contributed by atoms with E-state index in [1.54, 1.807) is 35.2 Å². The molecule has 0 spiro atoms. The number of carbonyl (C=O) groups excluding carboxylic acids is 1. The molecule has 1 heterocycles. The van der Waals surface area contributed by atoms with Gasteiger partial charge in [0.2, 0.25) is 0 Å². The molecule has 0 bridgehead atoms. The number of carboxylic acid groups (broad SMARTS) is 1. The number of thioether (sulfide) groups is 1. The quantitative estimate of drug-likeness (QED) is 0.446. The summed E-state index contributed by atoms with van der Waals surface area (Å²) in [5.74, 6) is -0.741. The van der Waals surface area contributed by atoms with Crippen molar-refractivity contribution in [2.75, 3.05) is 6.54 Å². The molecule has 122 valence electrons. The van der Waals surface area contributed by atoms with E-state index in [1.165, 1.54) is 11.8 Å². The van der Waals surface area contributed by atoms with Gasteiger partial charge in [-0.25, -0.2) is 0 Å². The minimum atomic E-state index is -0.799. The molecule has 2 rings (SSSR count). The number of carbonyl (C=O) groups is 2. The van der Waals surface area contributed by atoms with Crippen LogP contribution in [0, 0.1) is 0 Å². The highest BCUT2D eigenvalue weighted by Crippen LogP contribution is 2.32. The van der Waals surface area contributed by atoms with Crippen molar-refractivity contribution in [3.8, 4) is 5.75 Å². The highest BCUT2D eigenvalue weighted by Gasteiger charge is 2.31. The number of amides is 1. The van der Waals surface area contributed by atoms with Crippen molar-refractivity contribution < 1.29 is 19.8 Å². The zero-order valence-corrected chi connectivity index (χ0v) is 14.0. The van der Waals surface area contributed by atoms with Crippen LogP contribution in [0.25, 0.3) is 6.08 Å². The summed E-state index contributed by atoms with van der Waals surface area (Å²) in [5, 5.41) is 17.9. The van der Waals surface area contributed by atoms with Crippen molar-refractivity contribution in [3.63, 3.8) is 0 Å². The summed E-state index contributed by atoms with van der Waals surface area (Å²) < 4.78 is 0.526. The summed E-state index contributed by atoms with van der Waals surface area (Å²) in [6.45, 7) is 0.511. The highest BCUT2D eigenvalue weighted by molar-refractivity contribution is 8.26. The molecule has 0 saturated carbocycles. The lowest BCUT2D eigenvalue weighted by molar-refractivity contribution is -0.137. The summed E-state index contributed by atoms with van der Waals surface area (Å²) in [6, 6.07) is 6.59. The topological polar surface area (TPSA) is 77.8 Å². The van der Waals surface area contributed by atoms with Crippen LogP contribution < -0.4 is 0 Å². The third-order valence-electron chi connectivity index (χ3n) is 3.34. The molecule has 1 aliphatic heterocycles. The predicted octanol–water partition coefficient (Wildman–Crippen LogP) is 3.24. The Hall–Kier alpha value is -1.86. The lowest BCUT2D eigenvalue weighted by atomic mass is 10.2. The molecule has 0 radical (unpaired) electrons. The molecule has 0 atom stereocenters. The fourth-order valence-electron chi connectivity index (χ4n) is 2.14. The van der Waals surface area contributed by atoms with E-state index in [0.29, 0.717) is 22.2 Å². The van der Waals surface area contributed by atoms with Crippen LogP contribution in [-0.4, -0.2) is 37.9 Å². The number of nitrogens with zero attached hydrogens (tertiary/aromatic N) is 1. The molecule has 0 aliphatic carbocycles. The summed E-state index contributed by atoms with van der Waals surface area (Å²) in [6.07, 6.45) is 3.99. The Bertz CT molecular complexity index is 640. The van der Waals surface area contributed by atoms with Crippen LogP contribution >= 0.6 is 24.0 Å². The second kappa shape index (κ2) is 8.12. The second-order valence-electron chi connectivity index (χ2n) is 5.13. The van der Waals surface area contributed by atoms with E-state index in [9.17, 15) is 14.7 Å². The Balaban J connectivity index is 1.91. The monoisotopic (exact) mass is 351 g/mol. The molecule has 1 amide bonds. The SMILES string of the molecule is O=C(O)CCCCCN1C(=O)/C(=C\c2ccc(O)cc2)SC1=S. The molecule has 1 saturated heterocycles. The standard InChI is InChI=1S/C16H17NO4S2/c18-12-7-5-11(6-8-12)10-13-15(21)17(16(22)23-13)9-3-1-2-4-14(19)20/h5-8,10,18H,1-4,9H2,(H,19,20)/b13-10+. The van der Waals surface area contributed by atoms with Crippen LogP contribution in [0.2, 0.25) is 0 Å². The van der Waals surface area contributed by atoms with E-state index in [0.717, 1.165) is 18.4 Å². The van der Waals surface area contributed by atoms with Crippen LogP contribution in [0.15, 0.2) is 29.2 Å².